The van der Waals surface area contributed by atoms with Crippen molar-refractivity contribution in [2.24, 2.45) is 0 Å². The minimum Gasteiger partial charge on any atom is -0.382 e. The molecule has 0 unspecified atom stereocenters. The minimum atomic E-state index is 0.577. The molecule has 21 heavy (non-hydrogen) atoms. The number of nitrogens with one attached hydrogen (secondary N) is 1. The SMILES string of the molecule is CC(C)N(C)CCCNc1snc(N)c1-c1ccncc1. The van der Waals surface area contributed by atoms with Gasteiger partial charge in [-0.3, -0.25) is 4.98 Å². The zero-order valence-electron chi connectivity index (χ0n) is 12.8. The average Bonchev–Trinajstić information content (AvgIpc) is 2.85. The largest absolute Gasteiger partial charge is 0.382 e. The molecule has 0 aromatic carbocycles. The summed E-state index contributed by atoms with van der Waals surface area (Å²) in [6.45, 7) is 6.40. The molecule has 0 radical (unpaired) electrons. The van der Waals surface area contributed by atoms with Crippen molar-refractivity contribution < 1.29 is 0 Å². The summed E-state index contributed by atoms with van der Waals surface area (Å²) in [5.41, 5.74) is 8.04. The van der Waals surface area contributed by atoms with E-state index in [0.29, 0.717) is 11.9 Å². The van der Waals surface area contributed by atoms with Crippen molar-refractivity contribution >= 4 is 22.4 Å². The van der Waals surface area contributed by atoms with Crippen LogP contribution < -0.4 is 11.1 Å². The van der Waals surface area contributed by atoms with Gasteiger partial charge in [0.1, 0.15) is 10.8 Å². The standard InChI is InChI=1S/C15H23N5S/c1-11(2)20(3)10-4-7-18-15-13(14(16)19-21-15)12-5-8-17-9-6-12/h5-6,8-9,11,18H,4,7,10H2,1-3H3,(H2,16,19). The first-order valence-electron chi connectivity index (χ1n) is 7.19. The fraction of sp³-hybridized carbons (Fsp3) is 0.467. The van der Waals surface area contributed by atoms with Gasteiger partial charge >= 0.3 is 0 Å². The molecule has 0 aliphatic heterocycles. The fourth-order valence-corrected chi connectivity index (χ4v) is 2.77. The van der Waals surface area contributed by atoms with Crippen LogP contribution >= 0.6 is 11.5 Å². The number of rotatable bonds is 7. The number of nitrogens with zero attached hydrogens (tertiary/aromatic N) is 3. The van der Waals surface area contributed by atoms with E-state index < -0.39 is 0 Å². The van der Waals surface area contributed by atoms with Gasteiger partial charge in [-0.05, 0) is 63.1 Å². The molecule has 0 atom stereocenters. The number of nitrogen functional groups attached to an aromatic ring is 1. The molecule has 0 aliphatic rings. The predicted molar refractivity (Wildman–Crippen MR) is 90.6 cm³/mol. The Labute approximate surface area is 130 Å². The van der Waals surface area contributed by atoms with Crippen LogP contribution in [0.1, 0.15) is 20.3 Å². The Morgan fingerprint density at radius 3 is 2.71 bits per heavy atom. The topological polar surface area (TPSA) is 67.1 Å². The van der Waals surface area contributed by atoms with Gasteiger partial charge < -0.3 is 16.0 Å². The van der Waals surface area contributed by atoms with Gasteiger partial charge in [-0.15, -0.1) is 0 Å². The first-order valence-corrected chi connectivity index (χ1v) is 7.96. The van der Waals surface area contributed by atoms with Gasteiger partial charge in [0.15, 0.2) is 0 Å². The molecule has 0 spiro atoms. The molecular weight excluding hydrogens is 282 g/mol. The highest BCUT2D eigenvalue weighted by Gasteiger charge is 2.13. The quantitative estimate of drug-likeness (QED) is 0.770. The van der Waals surface area contributed by atoms with Crippen LogP contribution in [0.5, 0.6) is 0 Å². The molecular formula is C15H23N5S. The monoisotopic (exact) mass is 305 g/mol. The summed E-state index contributed by atoms with van der Waals surface area (Å²) in [5, 5.41) is 4.49. The van der Waals surface area contributed by atoms with Gasteiger partial charge in [0.2, 0.25) is 0 Å². The van der Waals surface area contributed by atoms with Crippen molar-refractivity contribution in [3.05, 3.63) is 24.5 Å². The van der Waals surface area contributed by atoms with Gasteiger partial charge in [-0.2, -0.15) is 4.37 Å². The Balaban J connectivity index is 1.96. The minimum absolute atomic E-state index is 0.577. The fourth-order valence-electron chi connectivity index (χ4n) is 2.01. The zero-order valence-corrected chi connectivity index (χ0v) is 13.7. The lowest BCUT2D eigenvalue weighted by atomic mass is 10.1. The van der Waals surface area contributed by atoms with Gasteiger partial charge in [-0.1, -0.05) is 0 Å². The van der Waals surface area contributed by atoms with Gasteiger partial charge in [0.05, 0.1) is 5.56 Å². The van der Waals surface area contributed by atoms with Crippen molar-refractivity contribution in [3.63, 3.8) is 0 Å². The van der Waals surface area contributed by atoms with Crippen molar-refractivity contribution in [1.29, 1.82) is 0 Å². The van der Waals surface area contributed by atoms with Gasteiger partial charge in [0.25, 0.3) is 0 Å². The van der Waals surface area contributed by atoms with Gasteiger partial charge in [-0.25, -0.2) is 0 Å². The third-order valence-corrected chi connectivity index (χ3v) is 4.36. The Kier molecular flexibility index (Phi) is 5.52. The lowest BCUT2D eigenvalue weighted by molar-refractivity contribution is 0.273. The maximum absolute atomic E-state index is 6.00. The van der Waals surface area contributed by atoms with Crippen LogP contribution in [-0.2, 0) is 0 Å². The molecule has 0 fully saturated rings. The van der Waals surface area contributed by atoms with E-state index in [1.54, 1.807) is 12.4 Å². The third kappa shape index (κ3) is 4.15. The van der Waals surface area contributed by atoms with Crippen LogP contribution in [0.25, 0.3) is 11.1 Å². The number of hydrogen-bond donors (Lipinski definition) is 2. The van der Waals surface area contributed by atoms with E-state index in [-0.39, 0.29) is 0 Å². The summed E-state index contributed by atoms with van der Waals surface area (Å²) >= 11 is 1.42. The Bertz CT molecular complexity index is 552. The van der Waals surface area contributed by atoms with E-state index in [9.17, 15) is 0 Å². The normalized spacial score (nSPS) is 11.3. The zero-order chi connectivity index (χ0) is 15.2. The molecule has 0 saturated carbocycles. The summed E-state index contributed by atoms with van der Waals surface area (Å²) in [5.74, 6) is 0.577. The number of hydrogen-bond acceptors (Lipinski definition) is 6. The second-order valence-corrected chi connectivity index (χ2v) is 6.14. The highest BCUT2D eigenvalue weighted by atomic mass is 32.1. The Morgan fingerprint density at radius 1 is 1.33 bits per heavy atom. The number of aromatic nitrogens is 2. The first kappa shape index (κ1) is 15.7. The van der Waals surface area contributed by atoms with Crippen LogP contribution in [-0.4, -0.2) is 40.4 Å². The lowest BCUT2D eigenvalue weighted by Crippen LogP contribution is -2.28. The number of nitrogens with two attached hydrogens (primary N) is 1. The summed E-state index contributed by atoms with van der Waals surface area (Å²) < 4.78 is 4.26. The van der Waals surface area contributed by atoms with E-state index >= 15 is 0 Å². The van der Waals surface area contributed by atoms with Crippen molar-refractivity contribution in [3.8, 4) is 11.1 Å². The molecule has 0 bridgehead atoms. The van der Waals surface area contributed by atoms with E-state index in [0.717, 1.165) is 35.6 Å². The van der Waals surface area contributed by atoms with Gasteiger partial charge in [0, 0.05) is 25.0 Å². The average molecular weight is 305 g/mol. The van der Waals surface area contributed by atoms with Crippen LogP contribution in [0.15, 0.2) is 24.5 Å². The molecule has 6 heteroatoms. The van der Waals surface area contributed by atoms with E-state index in [2.05, 4.69) is 40.5 Å². The summed E-state index contributed by atoms with van der Waals surface area (Å²) in [6.07, 6.45) is 4.63. The molecule has 2 heterocycles. The second kappa shape index (κ2) is 7.38. The molecule has 114 valence electrons. The maximum atomic E-state index is 6.00. The van der Waals surface area contributed by atoms with Crippen molar-refractivity contribution in [1.82, 2.24) is 14.3 Å². The van der Waals surface area contributed by atoms with E-state index in [4.69, 9.17) is 5.73 Å². The molecule has 2 rings (SSSR count). The van der Waals surface area contributed by atoms with Crippen molar-refractivity contribution in [2.45, 2.75) is 26.3 Å². The highest BCUT2D eigenvalue weighted by molar-refractivity contribution is 7.11. The van der Waals surface area contributed by atoms with Crippen LogP contribution in [0.3, 0.4) is 0 Å². The smallest absolute Gasteiger partial charge is 0.147 e. The molecule has 0 aliphatic carbocycles. The second-order valence-electron chi connectivity index (χ2n) is 5.36. The predicted octanol–water partition coefficient (Wildman–Crippen LogP) is 2.93. The number of pyridine rings is 1. The third-order valence-electron chi connectivity index (χ3n) is 3.54. The maximum Gasteiger partial charge on any atom is 0.147 e. The summed E-state index contributed by atoms with van der Waals surface area (Å²) in [4.78, 5) is 6.38. The van der Waals surface area contributed by atoms with E-state index in [1.165, 1.54) is 11.5 Å². The molecule has 2 aromatic rings. The lowest BCUT2D eigenvalue weighted by Gasteiger charge is -2.20. The van der Waals surface area contributed by atoms with E-state index in [1.807, 2.05) is 12.1 Å². The van der Waals surface area contributed by atoms with Crippen LogP contribution in [0.2, 0.25) is 0 Å². The molecule has 3 N–H and O–H groups in total. The summed E-state index contributed by atoms with van der Waals surface area (Å²) in [6, 6.07) is 4.49. The molecule has 5 nitrogen and oxygen atoms in total. The van der Waals surface area contributed by atoms with Crippen LogP contribution in [0.4, 0.5) is 10.8 Å². The number of anilines is 2. The Morgan fingerprint density at radius 2 is 2.05 bits per heavy atom. The molecule has 0 saturated heterocycles. The molecule has 2 aromatic heterocycles. The van der Waals surface area contributed by atoms with Crippen molar-refractivity contribution in [2.75, 3.05) is 31.2 Å². The summed E-state index contributed by atoms with van der Waals surface area (Å²) in [7, 11) is 2.15. The first-order chi connectivity index (χ1) is 10.1. The Hall–Kier alpha value is -1.66. The highest BCUT2D eigenvalue weighted by Crippen LogP contribution is 2.36. The van der Waals surface area contributed by atoms with Crippen LogP contribution in [0, 0.1) is 0 Å². The molecule has 0 amide bonds.